The predicted octanol–water partition coefficient (Wildman–Crippen LogP) is 1.32. The van der Waals surface area contributed by atoms with Gasteiger partial charge in [-0.1, -0.05) is 24.3 Å². The summed E-state index contributed by atoms with van der Waals surface area (Å²) in [7, 11) is 4.14. The molecule has 0 aromatic heterocycles. The van der Waals surface area contributed by atoms with Crippen LogP contribution in [0.25, 0.3) is 0 Å². The smallest absolute Gasteiger partial charge is 0.228 e. The predicted molar refractivity (Wildman–Crippen MR) is 81.3 cm³/mol. The summed E-state index contributed by atoms with van der Waals surface area (Å²) in [6.07, 6.45) is 0. The number of carbonyl (C=O) groups excluding carboxylic acids is 1. The molecule has 0 radical (unpaired) electrons. The summed E-state index contributed by atoms with van der Waals surface area (Å²) in [5.74, 6) is 0.464. The summed E-state index contributed by atoms with van der Waals surface area (Å²) in [5, 5.41) is 3.16. The Kier molecular flexibility index (Phi) is 5.15. The average molecular weight is 275 g/mol. The molecular weight excluding hydrogens is 250 g/mol. The van der Waals surface area contributed by atoms with E-state index in [4.69, 9.17) is 0 Å². The number of hydrogen-bond donors (Lipinski definition) is 1. The number of rotatable bonds is 6. The maximum Gasteiger partial charge on any atom is 0.228 e. The number of amides is 1. The summed E-state index contributed by atoms with van der Waals surface area (Å²) in [6.45, 7) is 6.14. The first-order valence-electron chi connectivity index (χ1n) is 7.32. The largest absolute Gasteiger partial charge is 0.338 e. The van der Waals surface area contributed by atoms with Crippen molar-refractivity contribution in [3.8, 4) is 0 Å². The van der Waals surface area contributed by atoms with E-state index in [1.807, 2.05) is 11.8 Å². The first kappa shape index (κ1) is 15.0. The number of benzene rings is 1. The van der Waals surface area contributed by atoms with Crippen molar-refractivity contribution in [2.75, 3.05) is 33.7 Å². The van der Waals surface area contributed by atoms with E-state index in [1.54, 1.807) is 0 Å². The zero-order chi connectivity index (χ0) is 14.5. The molecule has 0 atom stereocenters. The molecule has 0 saturated carbocycles. The minimum atomic E-state index is 0.183. The lowest BCUT2D eigenvalue weighted by molar-refractivity contribution is -0.137. The Bertz CT molecular complexity index is 438. The van der Waals surface area contributed by atoms with Gasteiger partial charge in [-0.25, -0.2) is 0 Å². The summed E-state index contributed by atoms with van der Waals surface area (Å²) < 4.78 is 0. The van der Waals surface area contributed by atoms with Crippen LogP contribution in [0.3, 0.4) is 0 Å². The molecule has 1 aromatic carbocycles. The van der Waals surface area contributed by atoms with Crippen LogP contribution < -0.4 is 5.32 Å². The summed E-state index contributed by atoms with van der Waals surface area (Å²) in [4.78, 5) is 16.4. The standard InChI is InChI=1S/C16H25N3O/c1-4-19(16(20)15-9-17-10-15)12-14-7-5-13(6-8-14)11-18(2)3/h5-8,15,17H,4,9-12H2,1-3H3. The van der Waals surface area contributed by atoms with E-state index in [2.05, 4.69) is 48.6 Å². The molecule has 110 valence electrons. The van der Waals surface area contributed by atoms with Crippen LogP contribution in [0.15, 0.2) is 24.3 Å². The average Bonchev–Trinajstić information content (AvgIpc) is 2.35. The van der Waals surface area contributed by atoms with Gasteiger partial charge in [0.15, 0.2) is 0 Å². The van der Waals surface area contributed by atoms with Gasteiger partial charge >= 0.3 is 0 Å². The molecule has 1 fully saturated rings. The number of nitrogens with zero attached hydrogens (tertiary/aromatic N) is 2. The fraction of sp³-hybridized carbons (Fsp3) is 0.562. The molecule has 0 aliphatic carbocycles. The van der Waals surface area contributed by atoms with Crippen LogP contribution in [0.5, 0.6) is 0 Å². The fourth-order valence-electron chi connectivity index (χ4n) is 2.40. The molecule has 0 unspecified atom stereocenters. The zero-order valence-corrected chi connectivity index (χ0v) is 12.7. The van der Waals surface area contributed by atoms with Gasteiger partial charge in [-0.15, -0.1) is 0 Å². The lowest BCUT2D eigenvalue weighted by Gasteiger charge is -2.32. The Hall–Kier alpha value is -1.39. The molecule has 0 spiro atoms. The van der Waals surface area contributed by atoms with Gasteiger partial charge in [0.2, 0.25) is 5.91 Å². The maximum absolute atomic E-state index is 12.3. The minimum Gasteiger partial charge on any atom is -0.338 e. The molecule has 1 saturated heterocycles. The summed E-state index contributed by atoms with van der Waals surface area (Å²) in [5.41, 5.74) is 2.51. The van der Waals surface area contributed by atoms with Gasteiger partial charge in [0.05, 0.1) is 5.92 Å². The van der Waals surface area contributed by atoms with Gasteiger partial charge in [0.1, 0.15) is 0 Å². The summed E-state index contributed by atoms with van der Waals surface area (Å²) >= 11 is 0. The zero-order valence-electron chi connectivity index (χ0n) is 12.7. The molecule has 4 heteroatoms. The highest BCUT2D eigenvalue weighted by molar-refractivity contribution is 5.80. The van der Waals surface area contributed by atoms with Crippen LogP contribution in [-0.4, -0.2) is 49.4 Å². The third kappa shape index (κ3) is 3.81. The highest BCUT2D eigenvalue weighted by Gasteiger charge is 2.28. The quantitative estimate of drug-likeness (QED) is 0.850. The normalized spacial score (nSPS) is 15.2. The number of carbonyl (C=O) groups is 1. The number of hydrogen-bond acceptors (Lipinski definition) is 3. The SMILES string of the molecule is CCN(Cc1ccc(CN(C)C)cc1)C(=O)C1CNC1. The van der Waals surface area contributed by atoms with E-state index in [1.165, 1.54) is 11.1 Å². The molecule has 4 nitrogen and oxygen atoms in total. The van der Waals surface area contributed by atoms with Crippen molar-refractivity contribution < 1.29 is 4.79 Å². The van der Waals surface area contributed by atoms with Gasteiger partial charge in [-0.3, -0.25) is 4.79 Å². The van der Waals surface area contributed by atoms with Gasteiger partial charge in [-0.05, 0) is 32.1 Å². The van der Waals surface area contributed by atoms with Crippen molar-refractivity contribution in [2.45, 2.75) is 20.0 Å². The van der Waals surface area contributed by atoms with Crippen molar-refractivity contribution in [3.05, 3.63) is 35.4 Å². The molecule has 0 bridgehead atoms. The van der Waals surface area contributed by atoms with Gasteiger partial charge in [0, 0.05) is 32.7 Å². The van der Waals surface area contributed by atoms with Crippen LogP contribution in [0.2, 0.25) is 0 Å². The van der Waals surface area contributed by atoms with Crippen molar-refractivity contribution in [3.63, 3.8) is 0 Å². The molecule has 1 aromatic rings. The van der Waals surface area contributed by atoms with Crippen LogP contribution in [0, 0.1) is 5.92 Å². The number of nitrogens with one attached hydrogen (secondary N) is 1. The molecule has 1 aliphatic rings. The van der Waals surface area contributed by atoms with Gasteiger partial charge in [0.25, 0.3) is 0 Å². The first-order valence-corrected chi connectivity index (χ1v) is 7.32. The van der Waals surface area contributed by atoms with Crippen molar-refractivity contribution >= 4 is 5.91 Å². The summed E-state index contributed by atoms with van der Waals surface area (Å²) in [6, 6.07) is 8.57. The molecule has 20 heavy (non-hydrogen) atoms. The molecule has 1 amide bonds. The highest BCUT2D eigenvalue weighted by atomic mass is 16.2. The van der Waals surface area contributed by atoms with E-state index in [0.717, 1.165) is 26.2 Å². The maximum atomic E-state index is 12.3. The molecule has 2 rings (SSSR count). The molecule has 1 aliphatic heterocycles. The second-order valence-corrected chi connectivity index (χ2v) is 5.76. The minimum absolute atomic E-state index is 0.183. The van der Waals surface area contributed by atoms with Crippen molar-refractivity contribution in [1.82, 2.24) is 15.1 Å². The van der Waals surface area contributed by atoms with Crippen LogP contribution in [-0.2, 0) is 17.9 Å². The molecule has 1 N–H and O–H groups in total. The van der Waals surface area contributed by atoms with E-state index < -0.39 is 0 Å². The lowest BCUT2D eigenvalue weighted by atomic mass is 10.0. The van der Waals surface area contributed by atoms with E-state index in [-0.39, 0.29) is 11.8 Å². The Balaban J connectivity index is 1.94. The third-order valence-corrected chi connectivity index (χ3v) is 3.72. The Morgan fingerprint density at radius 3 is 2.10 bits per heavy atom. The van der Waals surface area contributed by atoms with Gasteiger partial charge < -0.3 is 15.1 Å². The van der Waals surface area contributed by atoms with Crippen molar-refractivity contribution in [1.29, 1.82) is 0 Å². The van der Waals surface area contributed by atoms with Crippen LogP contribution >= 0.6 is 0 Å². The monoisotopic (exact) mass is 275 g/mol. The lowest BCUT2D eigenvalue weighted by Crippen LogP contribution is -2.51. The van der Waals surface area contributed by atoms with E-state index in [9.17, 15) is 4.79 Å². The van der Waals surface area contributed by atoms with E-state index >= 15 is 0 Å². The molecule has 1 heterocycles. The third-order valence-electron chi connectivity index (χ3n) is 3.72. The van der Waals surface area contributed by atoms with Crippen molar-refractivity contribution in [2.24, 2.45) is 5.92 Å². The second kappa shape index (κ2) is 6.86. The topological polar surface area (TPSA) is 35.6 Å². The van der Waals surface area contributed by atoms with Gasteiger partial charge in [-0.2, -0.15) is 0 Å². The Labute approximate surface area is 121 Å². The Morgan fingerprint density at radius 1 is 1.15 bits per heavy atom. The highest BCUT2D eigenvalue weighted by Crippen LogP contribution is 2.13. The van der Waals surface area contributed by atoms with E-state index in [0.29, 0.717) is 6.54 Å². The second-order valence-electron chi connectivity index (χ2n) is 5.76. The first-order chi connectivity index (χ1) is 9.60. The van der Waals surface area contributed by atoms with Crippen LogP contribution in [0.4, 0.5) is 0 Å². The Morgan fingerprint density at radius 2 is 1.70 bits per heavy atom. The molecular formula is C16H25N3O. The fourth-order valence-corrected chi connectivity index (χ4v) is 2.40. The van der Waals surface area contributed by atoms with Crippen LogP contribution in [0.1, 0.15) is 18.1 Å².